The molecular weight excluding hydrogens is 167 g/mol. The average molecular weight is 170 g/mol. The molecule has 1 nitrogen and oxygen atoms in total. The summed E-state index contributed by atoms with van der Waals surface area (Å²) in [7, 11) is 0. The zero-order valence-corrected chi connectivity index (χ0v) is 4.23. The van der Waals surface area contributed by atoms with Crippen molar-refractivity contribution in [3.63, 3.8) is 0 Å². The van der Waals surface area contributed by atoms with Crippen molar-refractivity contribution in [2.24, 2.45) is 0 Å². The lowest BCUT2D eigenvalue weighted by molar-refractivity contribution is 0.572. The Morgan fingerprint density at radius 3 is 2.25 bits per heavy atom. The van der Waals surface area contributed by atoms with Crippen LogP contribution >= 0.6 is 20.7 Å². The second kappa shape index (κ2) is 3.27. The van der Waals surface area contributed by atoms with Crippen molar-refractivity contribution >= 4 is 29.5 Å². The molecule has 0 N–H and O–H groups in total. The van der Waals surface area contributed by atoms with E-state index in [0.29, 0.717) is 0 Å². The lowest BCUT2D eigenvalue weighted by Crippen LogP contribution is -1.29. The lowest BCUT2D eigenvalue weighted by Gasteiger charge is -1.37. The van der Waals surface area contributed by atoms with Gasteiger partial charge in [-0.05, 0) is 0 Å². The molecule has 0 aliphatic carbocycles. The molecule has 0 aliphatic heterocycles. The fourth-order valence-corrected chi connectivity index (χ4v) is 0. The molecule has 24 valence electrons. The van der Waals surface area contributed by atoms with Crippen LogP contribution in [0.1, 0.15) is 0 Å². The first-order valence-electron chi connectivity index (χ1n) is 0.721. The third-order valence-corrected chi connectivity index (χ3v) is 0.423. The van der Waals surface area contributed by atoms with Crippen molar-refractivity contribution in [1.82, 2.24) is 0 Å². The van der Waals surface area contributed by atoms with Gasteiger partial charge in [0.05, 0.1) is 0 Å². The first-order valence-corrected chi connectivity index (χ1v) is 3.49. The van der Waals surface area contributed by atoms with Gasteiger partial charge in [0.1, 0.15) is 0 Å². The Morgan fingerprint density at radius 1 is 2.00 bits per heavy atom. The summed E-state index contributed by atoms with van der Waals surface area (Å²) in [4.78, 5) is 9.16. The molecule has 0 aromatic heterocycles. The van der Waals surface area contributed by atoms with E-state index in [4.69, 9.17) is 4.79 Å². The number of hydrogen-bond acceptors (Lipinski definition) is 1. The van der Waals surface area contributed by atoms with Crippen LogP contribution in [0.15, 0.2) is 0 Å². The van der Waals surface area contributed by atoms with Crippen LogP contribution in [0.3, 0.4) is 0 Å². The topological polar surface area (TPSA) is 17.1 Å². The summed E-state index contributed by atoms with van der Waals surface area (Å²) in [5, 5.41) is 0. The van der Waals surface area contributed by atoms with Gasteiger partial charge in [-0.2, -0.15) is 0 Å². The van der Waals surface area contributed by atoms with Crippen molar-refractivity contribution in [2.45, 2.75) is 0 Å². The number of hydrogen-bond donors (Lipinski definition) is 0. The Bertz CT molecular complexity index is 27.0. The van der Waals surface area contributed by atoms with Crippen molar-refractivity contribution in [2.75, 3.05) is 0 Å². The molecule has 0 aromatic rings. The van der Waals surface area contributed by atoms with Gasteiger partial charge in [-0.3, -0.25) is 4.79 Å². The minimum atomic E-state index is -0.320. The highest BCUT2D eigenvalue weighted by Crippen LogP contribution is 1.72. The van der Waals surface area contributed by atoms with Crippen molar-refractivity contribution in [1.29, 1.82) is 0 Å². The van der Waals surface area contributed by atoms with E-state index in [-0.39, 0.29) is 20.7 Å². The summed E-state index contributed by atoms with van der Waals surface area (Å²) in [6.07, 6.45) is 0. The van der Waals surface area contributed by atoms with Crippen LogP contribution in [-0.2, 0) is 4.79 Å². The maximum Gasteiger partial charge on any atom is 0.173 e. The van der Waals surface area contributed by atoms with Gasteiger partial charge in [0.15, 0.2) is 4.29 Å². The van der Waals surface area contributed by atoms with E-state index in [1.807, 2.05) is 0 Å². The van der Waals surface area contributed by atoms with Crippen LogP contribution in [0.5, 0.6) is 0 Å². The summed E-state index contributed by atoms with van der Waals surface area (Å²) in [6, 6.07) is 0. The predicted octanol–water partition coefficient (Wildman–Crippen LogP) is 0.579. The van der Waals surface area contributed by atoms with Gasteiger partial charge in [0.25, 0.3) is 0 Å². The highest BCUT2D eigenvalue weighted by molar-refractivity contribution is 14.2. The molecule has 0 radical (unpaired) electrons. The van der Waals surface area contributed by atoms with E-state index in [0.717, 1.165) is 4.29 Å². The van der Waals surface area contributed by atoms with Crippen LogP contribution in [0, 0.1) is 0 Å². The van der Waals surface area contributed by atoms with Crippen molar-refractivity contribution in [3.05, 3.63) is 0 Å². The maximum atomic E-state index is 9.16. The highest BCUT2D eigenvalue weighted by atomic mass is 127. The van der Waals surface area contributed by atoms with Crippen LogP contribution < -0.4 is 0 Å². The zero-order chi connectivity index (χ0) is 3.41. The molecule has 0 atom stereocenters. The van der Waals surface area contributed by atoms with Crippen LogP contribution in [0.2, 0.25) is 0 Å². The van der Waals surface area contributed by atoms with E-state index in [1.165, 1.54) is 0 Å². The monoisotopic (exact) mass is 170 g/mol. The maximum absolute atomic E-state index is 9.16. The number of rotatable bonds is 1. The Balaban J connectivity index is 2.73. The van der Waals surface area contributed by atoms with E-state index in [9.17, 15) is 0 Å². The summed E-state index contributed by atoms with van der Waals surface area (Å²) in [5.41, 5.74) is 0. The second-order valence-electron chi connectivity index (χ2n) is 0.243. The Hall–Kier alpha value is 0.270. The second-order valence-corrected chi connectivity index (χ2v) is 1.63. The first-order chi connectivity index (χ1) is 1.91. The minimum absolute atomic E-state index is 0.320. The molecule has 0 rings (SSSR count). The molecule has 0 saturated heterocycles. The van der Waals surface area contributed by atoms with Gasteiger partial charge in [0, 0.05) is 0 Å². The molecule has 0 amide bonds. The molecule has 0 heterocycles. The van der Waals surface area contributed by atoms with E-state index < -0.39 is 0 Å². The van der Waals surface area contributed by atoms with Crippen LogP contribution in [0.25, 0.3) is 0 Å². The fraction of sp³-hybridized carbons (Fsp3) is 0. The molecular formula is C2H3IO. The Labute approximate surface area is 34.8 Å². The van der Waals surface area contributed by atoms with Gasteiger partial charge in [0.2, 0.25) is 0 Å². The molecule has 0 fully saturated rings. The van der Waals surface area contributed by atoms with Crippen LogP contribution in [0.4, 0.5) is 0 Å². The SMILES string of the molecule is C=IC=O. The molecule has 0 aliphatic rings. The quantitative estimate of drug-likeness (QED) is 0.319. The molecule has 0 bridgehead atoms. The highest BCUT2D eigenvalue weighted by Gasteiger charge is 1.39. The fourth-order valence-electron chi connectivity index (χ4n) is 0. The molecule has 0 saturated carbocycles. The normalized spacial score (nSPS) is 6.00. The van der Waals surface area contributed by atoms with E-state index >= 15 is 0 Å². The zero-order valence-electron chi connectivity index (χ0n) is 2.07. The third-order valence-electron chi connectivity index (χ3n) is 0.0630. The van der Waals surface area contributed by atoms with Crippen molar-refractivity contribution < 1.29 is 4.79 Å². The summed E-state index contributed by atoms with van der Waals surface area (Å²) < 4.78 is 4.22. The molecule has 0 aromatic carbocycles. The van der Waals surface area contributed by atoms with Crippen molar-refractivity contribution in [3.8, 4) is 0 Å². The van der Waals surface area contributed by atoms with Gasteiger partial charge in [-0.25, -0.2) is 0 Å². The Morgan fingerprint density at radius 2 is 2.25 bits per heavy atom. The number of halogens is 1. The van der Waals surface area contributed by atoms with Gasteiger partial charge in [-0.15, -0.1) is 0 Å². The summed E-state index contributed by atoms with van der Waals surface area (Å²) in [6.45, 7) is 0. The van der Waals surface area contributed by atoms with Gasteiger partial charge < -0.3 is 0 Å². The molecule has 0 spiro atoms. The summed E-state index contributed by atoms with van der Waals surface area (Å²) >= 11 is -0.320. The van der Waals surface area contributed by atoms with E-state index in [1.54, 1.807) is 0 Å². The van der Waals surface area contributed by atoms with Gasteiger partial charge in [-0.1, -0.05) is 25.2 Å². The standard InChI is InChI=1S/C2H3IO/c1-3-2-4/h2H,1H2. The minimum Gasteiger partial charge on any atom is -0.292 e. The van der Waals surface area contributed by atoms with Crippen LogP contribution in [-0.4, -0.2) is 8.81 Å². The molecule has 2 heteroatoms. The third kappa shape index (κ3) is 2.27. The Kier molecular flexibility index (Phi) is 3.49. The van der Waals surface area contributed by atoms with Gasteiger partial charge >= 0.3 is 0 Å². The molecule has 4 heavy (non-hydrogen) atoms. The smallest absolute Gasteiger partial charge is 0.173 e. The number of carbonyl (C=O) groups is 1. The first kappa shape index (κ1) is 4.27. The molecule has 0 unspecified atom stereocenters. The largest absolute Gasteiger partial charge is 0.292 e. The lowest BCUT2D eigenvalue weighted by atomic mass is 11.9. The average Bonchev–Trinajstić information content (AvgIpc) is 1.37. The van der Waals surface area contributed by atoms with E-state index in [2.05, 4.69) is 4.51 Å². The summed E-state index contributed by atoms with van der Waals surface area (Å²) in [5.74, 6) is 0. The predicted molar refractivity (Wildman–Crippen MR) is 27.9 cm³/mol. The number of carbonyl (C=O) groups excluding carboxylic acids is 1.